The predicted octanol–water partition coefficient (Wildman–Crippen LogP) is 4.98. The van der Waals surface area contributed by atoms with E-state index in [9.17, 15) is 23.2 Å². The van der Waals surface area contributed by atoms with Gasteiger partial charge >= 0.3 is 0 Å². The van der Waals surface area contributed by atoms with E-state index in [4.69, 9.17) is 16.3 Å². The lowest BCUT2D eigenvalue weighted by Gasteiger charge is -2.39. The Balaban J connectivity index is 1.25. The summed E-state index contributed by atoms with van der Waals surface area (Å²) in [5.41, 5.74) is 2.29. The SMILES string of the molecule is Cn1cc(CNC[C@@H]2CCCCO2)cc(C(=O)Nc2cc(-c3ccc(Cl)cc3C(=O)N3CC(F)(F)C3)cc(C3CC3)n2)c1=O. The number of amides is 2. The van der Waals surface area contributed by atoms with Gasteiger partial charge in [-0.15, -0.1) is 0 Å². The van der Waals surface area contributed by atoms with Crippen molar-refractivity contribution in [3.8, 4) is 11.1 Å². The summed E-state index contributed by atoms with van der Waals surface area (Å²) in [7, 11) is 1.60. The first-order valence-corrected chi connectivity index (χ1v) is 15.3. The van der Waals surface area contributed by atoms with Gasteiger partial charge in [-0.05, 0) is 79.1 Å². The van der Waals surface area contributed by atoms with Crippen molar-refractivity contribution in [3.63, 3.8) is 0 Å². The average Bonchev–Trinajstić information content (AvgIpc) is 3.83. The molecule has 3 fully saturated rings. The summed E-state index contributed by atoms with van der Waals surface area (Å²) in [5, 5.41) is 6.44. The van der Waals surface area contributed by atoms with Crippen molar-refractivity contribution in [3.05, 3.63) is 80.4 Å². The van der Waals surface area contributed by atoms with E-state index in [-0.39, 0.29) is 29.0 Å². The molecule has 3 aromatic rings. The van der Waals surface area contributed by atoms with Crippen molar-refractivity contribution in [2.75, 3.05) is 31.6 Å². The number of halogens is 3. The molecule has 0 bridgehead atoms. The Hall–Kier alpha value is -3.67. The standard InChI is InChI=1S/C32H34ClF2N5O4/c1-39-16-19(14-36-15-23-4-2-3-9-44-23)10-26(30(39)42)29(41)38-28-12-21(11-27(37-28)20-5-6-20)24-8-7-22(33)13-25(24)31(43)40-17-32(34,35)18-40/h7-8,10-13,16,20,23,36H,2-6,9,14-15,17-18H2,1H3,(H,37,38,41)/t23-/m0/s1. The minimum atomic E-state index is -2.91. The smallest absolute Gasteiger partial charge is 0.282 e. The summed E-state index contributed by atoms with van der Waals surface area (Å²) in [6, 6.07) is 9.80. The second-order valence-corrected chi connectivity index (χ2v) is 12.3. The largest absolute Gasteiger partial charge is 0.377 e. The second kappa shape index (κ2) is 12.4. The fourth-order valence-electron chi connectivity index (χ4n) is 5.70. The molecule has 1 aliphatic carbocycles. The van der Waals surface area contributed by atoms with Crippen molar-refractivity contribution < 1.29 is 23.1 Å². The molecule has 2 aliphatic heterocycles. The summed E-state index contributed by atoms with van der Waals surface area (Å²) < 4.78 is 34.2. The van der Waals surface area contributed by atoms with E-state index < -0.39 is 36.4 Å². The predicted molar refractivity (Wildman–Crippen MR) is 162 cm³/mol. The Bertz CT molecular complexity index is 1640. The van der Waals surface area contributed by atoms with Crippen LogP contribution < -0.4 is 16.2 Å². The number of rotatable bonds is 9. The zero-order valence-electron chi connectivity index (χ0n) is 24.4. The molecule has 9 nitrogen and oxygen atoms in total. The number of carbonyl (C=O) groups excluding carboxylic acids is 2. The molecule has 2 amide bonds. The van der Waals surface area contributed by atoms with E-state index in [0.717, 1.165) is 54.9 Å². The lowest BCUT2D eigenvalue weighted by molar-refractivity contribution is -0.113. The molecule has 6 rings (SSSR count). The van der Waals surface area contributed by atoms with Crippen LogP contribution >= 0.6 is 11.6 Å². The first-order valence-electron chi connectivity index (χ1n) is 14.9. The number of hydrogen-bond donors (Lipinski definition) is 2. The summed E-state index contributed by atoms with van der Waals surface area (Å²) in [5.74, 6) is -3.65. The molecule has 0 spiro atoms. The van der Waals surface area contributed by atoms with Crippen LogP contribution in [0.5, 0.6) is 0 Å². The van der Waals surface area contributed by atoms with E-state index in [1.807, 2.05) is 6.07 Å². The molecular weight excluding hydrogens is 592 g/mol. The first-order chi connectivity index (χ1) is 21.1. The van der Waals surface area contributed by atoms with Crippen LogP contribution in [-0.4, -0.2) is 64.5 Å². The topological polar surface area (TPSA) is 106 Å². The Labute approximate surface area is 258 Å². The minimum absolute atomic E-state index is 0.0260. The molecule has 232 valence electrons. The van der Waals surface area contributed by atoms with Crippen LogP contribution in [0.25, 0.3) is 11.1 Å². The van der Waals surface area contributed by atoms with Crippen molar-refractivity contribution in [2.24, 2.45) is 7.05 Å². The zero-order valence-corrected chi connectivity index (χ0v) is 25.1. The number of hydrogen-bond acceptors (Lipinski definition) is 6. The highest BCUT2D eigenvalue weighted by Gasteiger charge is 2.46. The number of nitrogens with one attached hydrogen (secondary N) is 2. The van der Waals surface area contributed by atoms with E-state index in [1.165, 1.54) is 10.6 Å². The number of ether oxygens (including phenoxy) is 1. The molecule has 12 heteroatoms. The van der Waals surface area contributed by atoms with Gasteiger partial charge in [0, 0.05) is 55.1 Å². The number of aromatic nitrogens is 2. The van der Waals surface area contributed by atoms with Gasteiger partial charge in [0.25, 0.3) is 23.3 Å². The number of anilines is 1. The summed E-state index contributed by atoms with van der Waals surface area (Å²) in [6.45, 7) is 0.604. The van der Waals surface area contributed by atoms with Gasteiger partial charge in [-0.3, -0.25) is 14.4 Å². The normalized spacial score (nSPS) is 19.4. The molecule has 0 radical (unpaired) electrons. The monoisotopic (exact) mass is 625 g/mol. The number of nitrogens with zero attached hydrogens (tertiary/aromatic N) is 3. The van der Waals surface area contributed by atoms with Gasteiger partial charge in [-0.2, -0.15) is 0 Å². The highest BCUT2D eigenvalue weighted by molar-refractivity contribution is 6.31. The quantitative estimate of drug-likeness (QED) is 0.348. The van der Waals surface area contributed by atoms with E-state index in [2.05, 4.69) is 15.6 Å². The van der Waals surface area contributed by atoms with Gasteiger partial charge in [-0.25, -0.2) is 13.8 Å². The molecule has 4 heterocycles. The van der Waals surface area contributed by atoms with Gasteiger partial charge in [0.15, 0.2) is 0 Å². The molecule has 3 aliphatic rings. The van der Waals surface area contributed by atoms with Crippen molar-refractivity contribution in [2.45, 2.75) is 56.6 Å². The van der Waals surface area contributed by atoms with Gasteiger partial charge < -0.3 is 24.8 Å². The summed E-state index contributed by atoms with van der Waals surface area (Å²) in [6.07, 6.45) is 6.94. The van der Waals surface area contributed by atoms with E-state index in [0.29, 0.717) is 29.2 Å². The van der Waals surface area contributed by atoms with Crippen molar-refractivity contribution in [1.29, 1.82) is 0 Å². The maximum Gasteiger partial charge on any atom is 0.282 e. The third-order valence-electron chi connectivity index (χ3n) is 8.20. The van der Waals surface area contributed by atoms with Crippen LogP contribution in [-0.2, 0) is 18.3 Å². The maximum atomic E-state index is 13.5. The Morgan fingerprint density at radius 2 is 1.89 bits per heavy atom. The number of pyridine rings is 2. The molecule has 1 atom stereocenters. The molecule has 2 saturated heterocycles. The Morgan fingerprint density at radius 3 is 2.59 bits per heavy atom. The van der Waals surface area contributed by atoms with Gasteiger partial charge in [0.2, 0.25) is 0 Å². The second-order valence-electron chi connectivity index (χ2n) is 11.9. The van der Waals surface area contributed by atoms with Crippen LogP contribution in [0.2, 0.25) is 5.02 Å². The molecule has 2 aromatic heterocycles. The third kappa shape index (κ3) is 6.85. The summed E-state index contributed by atoms with van der Waals surface area (Å²) in [4.78, 5) is 45.4. The molecule has 1 aromatic carbocycles. The average molecular weight is 626 g/mol. The van der Waals surface area contributed by atoms with Gasteiger partial charge in [0.1, 0.15) is 11.4 Å². The van der Waals surface area contributed by atoms with E-state index in [1.54, 1.807) is 37.5 Å². The van der Waals surface area contributed by atoms with Crippen molar-refractivity contribution >= 4 is 29.2 Å². The highest BCUT2D eigenvalue weighted by Crippen LogP contribution is 2.42. The highest BCUT2D eigenvalue weighted by atomic mass is 35.5. The van der Waals surface area contributed by atoms with Gasteiger partial charge in [0.05, 0.1) is 19.2 Å². The van der Waals surface area contributed by atoms with E-state index >= 15 is 0 Å². The number of likely N-dealkylation sites (tertiary alicyclic amines) is 1. The molecule has 0 unspecified atom stereocenters. The van der Waals surface area contributed by atoms with Crippen molar-refractivity contribution in [1.82, 2.24) is 19.8 Å². The van der Waals surface area contributed by atoms with Crippen LogP contribution in [0, 0.1) is 0 Å². The zero-order chi connectivity index (χ0) is 31.0. The Morgan fingerprint density at radius 1 is 1.09 bits per heavy atom. The fraction of sp³-hybridized carbons (Fsp3) is 0.438. The fourth-order valence-corrected chi connectivity index (χ4v) is 5.87. The first kappa shape index (κ1) is 30.4. The van der Waals surface area contributed by atoms with Crippen LogP contribution in [0.1, 0.15) is 70.0 Å². The molecule has 1 saturated carbocycles. The maximum absolute atomic E-state index is 13.5. The summed E-state index contributed by atoms with van der Waals surface area (Å²) >= 11 is 6.21. The van der Waals surface area contributed by atoms with Crippen LogP contribution in [0.4, 0.5) is 14.6 Å². The number of benzene rings is 1. The van der Waals surface area contributed by atoms with Crippen LogP contribution in [0.3, 0.4) is 0 Å². The molecular formula is C32H34ClF2N5O4. The third-order valence-corrected chi connectivity index (χ3v) is 8.43. The number of carbonyl (C=O) groups is 2. The number of aryl methyl sites for hydroxylation is 1. The van der Waals surface area contributed by atoms with Crippen LogP contribution in [0.15, 0.2) is 47.4 Å². The Kier molecular flexibility index (Phi) is 8.54. The molecule has 2 N–H and O–H groups in total. The number of alkyl halides is 2. The lowest BCUT2D eigenvalue weighted by atomic mass is 9.96. The molecule has 44 heavy (non-hydrogen) atoms. The van der Waals surface area contributed by atoms with Gasteiger partial charge in [-0.1, -0.05) is 17.7 Å². The lowest BCUT2D eigenvalue weighted by Crippen LogP contribution is -2.58. The minimum Gasteiger partial charge on any atom is -0.377 e.